The van der Waals surface area contributed by atoms with Gasteiger partial charge in [0.25, 0.3) is 0 Å². The van der Waals surface area contributed by atoms with Crippen LogP contribution in [0.15, 0.2) is 0 Å². The molecule has 0 aromatic carbocycles. The Labute approximate surface area is 118 Å². The van der Waals surface area contributed by atoms with E-state index in [1.807, 2.05) is 0 Å². The van der Waals surface area contributed by atoms with E-state index in [1.54, 1.807) is 0 Å². The average Bonchev–Trinajstić information content (AvgIpc) is 2.52. The van der Waals surface area contributed by atoms with Gasteiger partial charge in [-0.25, -0.2) is 8.42 Å². The Morgan fingerprint density at radius 3 is 2.63 bits per heavy atom. The second-order valence-electron chi connectivity index (χ2n) is 7.41. The molecule has 2 aliphatic rings. The second kappa shape index (κ2) is 5.72. The van der Waals surface area contributed by atoms with E-state index >= 15 is 0 Å². The van der Waals surface area contributed by atoms with Gasteiger partial charge in [0.15, 0.2) is 9.84 Å². The normalized spacial score (nSPS) is 38.7. The Balaban J connectivity index is 1.89. The van der Waals surface area contributed by atoms with Gasteiger partial charge >= 0.3 is 0 Å². The van der Waals surface area contributed by atoms with Crippen molar-refractivity contribution in [2.45, 2.75) is 70.9 Å². The maximum Gasteiger partial charge on any atom is 0.152 e. The van der Waals surface area contributed by atoms with Crippen LogP contribution in [0.4, 0.5) is 0 Å². The summed E-state index contributed by atoms with van der Waals surface area (Å²) in [5.74, 6) is 2.28. The number of hydrogen-bond acceptors (Lipinski definition) is 3. The maximum absolute atomic E-state index is 11.7. The second-order valence-corrected chi connectivity index (χ2v) is 9.59. The SMILES string of the molecule is CC(C)CC1CCCC(NC2(C)CCS(=O)(=O)C2)C1. The van der Waals surface area contributed by atoms with E-state index in [2.05, 4.69) is 26.1 Å². The van der Waals surface area contributed by atoms with Crippen molar-refractivity contribution < 1.29 is 8.42 Å². The summed E-state index contributed by atoms with van der Waals surface area (Å²) in [5, 5.41) is 3.67. The molecule has 1 heterocycles. The predicted molar refractivity (Wildman–Crippen MR) is 80.0 cm³/mol. The fourth-order valence-corrected chi connectivity index (χ4v) is 6.02. The molecule has 19 heavy (non-hydrogen) atoms. The van der Waals surface area contributed by atoms with Crippen molar-refractivity contribution in [2.24, 2.45) is 11.8 Å². The lowest BCUT2D eigenvalue weighted by Crippen LogP contribution is -2.50. The molecule has 4 heteroatoms. The van der Waals surface area contributed by atoms with E-state index in [0.29, 0.717) is 17.5 Å². The van der Waals surface area contributed by atoms with Gasteiger partial charge in [0.2, 0.25) is 0 Å². The molecular formula is C15H29NO2S. The monoisotopic (exact) mass is 287 g/mol. The third-order valence-electron chi connectivity index (χ3n) is 4.64. The van der Waals surface area contributed by atoms with Crippen LogP contribution < -0.4 is 5.32 Å². The zero-order valence-corrected chi connectivity index (χ0v) is 13.4. The largest absolute Gasteiger partial charge is 0.308 e. The molecule has 1 aliphatic heterocycles. The summed E-state index contributed by atoms with van der Waals surface area (Å²) in [6.45, 7) is 6.67. The molecule has 0 aromatic heterocycles. The molecule has 1 N–H and O–H groups in total. The average molecular weight is 287 g/mol. The van der Waals surface area contributed by atoms with E-state index in [-0.39, 0.29) is 5.54 Å². The van der Waals surface area contributed by atoms with Crippen molar-refractivity contribution in [3.05, 3.63) is 0 Å². The van der Waals surface area contributed by atoms with Gasteiger partial charge in [-0.3, -0.25) is 0 Å². The Kier molecular flexibility index (Phi) is 4.61. The highest BCUT2D eigenvalue weighted by atomic mass is 32.2. The first-order valence-electron chi connectivity index (χ1n) is 7.76. The predicted octanol–water partition coefficient (Wildman–Crippen LogP) is 2.76. The molecule has 0 radical (unpaired) electrons. The van der Waals surface area contributed by atoms with Crippen molar-refractivity contribution in [1.29, 1.82) is 0 Å². The first kappa shape index (κ1) is 15.3. The van der Waals surface area contributed by atoms with Gasteiger partial charge in [-0.05, 0) is 44.4 Å². The Morgan fingerprint density at radius 1 is 1.32 bits per heavy atom. The molecule has 3 unspecified atom stereocenters. The van der Waals surface area contributed by atoms with Crippen LogP contribution in [-0.4, -0.2) is 31.5 Å². The van der Waals surface area contributed by atoms with Crippen LogP contribution in [0, 0.1) is 11.8 Å². The summed E-state index contributed by atoms with van der Waals surface area (Å²) >= 11 is 0. The van der Waals surface area contributed by atoms with Gasteiger partial charge in [-0.15, -0.1) is 0 Å². The van der Waals surface area contributed by atoms with E-state index in [9.17, 15) is 8.42 Å². The molecule has 1 aliphatic carbocycles. The lowest BCUT2D eigenvalue weighted by molar-refractivity contribution is 0.217. The molecule has 2 fully saturated rings. The van der Waals surface area contributed by atoms with Crippen molar-refractivity contribution in [3.63, 3.8) is 0 Å². The lowest BCUT2D eigenvalue weighted by Gasteiger charge is -2.36. The maximum atomic E-state index is 11.7. The highest BCUT2D eigenvalue weighted by Gasteiger charge is 2.40. The number of hydrogen-bond donors (Lipinski definition) is 1. The van der Waals surface area contributed by atoms with E-state index in [4.69, 9.17) is 0 Å². The van der Waals surface area contributed by atoms with Crippen molar-refractivity contribution in [3.8, 4) is 0 Å². The van der Waals surface area contributed by atoms with Crippen LogP contribution in [0.1, 0.15) is 59.3 Å². The minimum absolute atomic E-state index is 0.177. The molecule has 0 aromatic rings. The summed E-state index contributed by atoms with van der Waals surface area (Å²) in [4.78, 5) is 0. The third kappa shape index (κ3) is 4.45. The molecule has 0 bridgehead atoms. The van der Waals surface area contributed by atoms with E-state index in [1.165, 1.54) is 32.1 Å². The molecule has 1 saturated carbocycles. The van der Waals surface area contributed by atoms with Crippen LogP contribution >= 0.6 is 0 Å². The number of rotatable bonds is 4. The Morgan fingerprint density at radius 2 is 2.05 bits per heavy atom. The zero-order valence-electron chi connectivity index (χ0n) is 12.6. The van der Waals surface area contributed by atoms with Gasteiger partial charge in [0, 0.05) is 11.6 Å². The topological polar surface area (TPSA) is 46.2 Å². The molecule has 112 valence electrons. The van der Waals surface area contributed by atoms with Gasteiger partial charge in [0.05, 0.1) is 11.5 Å². The van der Waals surface area contributed by atoms with Gasteiger partial charge < -0.3 is 5.32 Å². The summed E-state index contributed by atoms with van der Waals surface area (Å²) in [6.07, 6.45) is 7.18. The van der Waals surface area contributed by atoms with Crippen LogP contribution in [0.5, 0.6) is 0 Å². The minimum atomic E-state index is -2.80. The minimum Gasteiger partial charge on any atom is -0.308 e. The number of sulfone groups is 1. The first-order chi connectivity index (χ1) is 8.78. The van der Waals surface area contributed by atoms with Crippen molar-refractivity contribution >= 4 is 9.84 Å². The van der Waals surface area contributed by atoms with Crippen molar-refractivity contribution in [2.75, 3.05) is 11.5 Å². The highest BCUT2D eigenvalue weighted by molar-refractivity contribution is 7.91. The fourth-order valence-electron chi connectivity index (χ4n) is 3.92. The number of nitrogens with one attached hydrogen (secondary N) is 1. The van der Waals surface area contributed by atoms with Gasteiger partial charge in [0.1, 0.15) is 0 Å². The Bertz CT molecular complexity index is 404. The zero-order chi connectivity index (χ0) is 14.1. The summed E-state index contributed by atoms with van der Waals surface area (Å²) < 4.78 is 23.3. The van der Waals surface area contributed by atoms with Crippen LogP contribution in [0.2, 0.25) is 0 Å². The third-order valence-corrected chi connectivity index (χ3v) is 6.55. The van der Waals surface area contributed by atoms with Crippen LogP contribution in [-0.2, 0) is 9.84 Å². The molecule has 2 rings (SSSR count). The quantitative estimate of drug-likeness (QED) is 0.865. The first-order valence-corrected chi connectivity index (χ1v) is 9.58. The van der Waals surface area contributed by atoms with E-state index in [0.717, 1.165) is 18.3 Å². The summed E-state index contributed by atoms with van der Waals surface area (Å²) in [6, 6.07) is 0.524. The standard InChI is InChI=1S/C15H29NO2S/c1-12(2)9-13-5-4-6-14(10-13)16-15(3)7-8-19(17,18)11-15/h12-14,16H,4-11H2,1-3H3. The fraction of sp³-hybridized carbons (Fsp3) is 1.00. The van der Waals surface area contributed by atoms with Crippen LogP contribution in [0.3, 0.4) is 0 Å². The molecular weight excluding hydrogens is 258 g/mol. The summed E-state index contributed by atoms with van der Waals surface area (Å²) in [7, 11) is -2.80. The molecule has 1 saturated heterocycles. The molecule has 0 amide bonds. The van der Waals surface area contributed by atoms with E-state index < -0.39 is 9.84 Å². The van der Waals surface area contributed by atoms with Crippen LogP contribution in [0.25, 0.3) is 0 Å². The molecule has 0 spiro atoms. The molecule has 3 atom stereocenters. The Hall–Kier alpha value is -0.0900. The highest BCUT2D eigenvalue weighted by Crippen LogP contribution is 2.32. The van der Waals surface area contributed by atoms with Gasteiger partial charge in [-0.2, -0.15) is 0 Å². The molecule has 3 nitrogen and oxygen atoms in total. The lowest BCUT2D eigenvalue weighted by atomic mass is 9.80. The van der Waals surface area contributed by atoms with Gasteiger partial charge in [-0.1, -0.05) is 26.7 Å². The smallest absolute Gasteiger partial charge is 0.152 e. The van der Waals surface area contributed by atoms with Crippen molar-refractivity contribution in [1.82, 2.24) is 5.32 Å². The summed E-state index contributed by atoms with van der Waals surface area (Å²) in [5.41, 5.74) is -0.177.